The van der Waals surface area contributed by atoms with Gasteiger partial charge in [-0.15, -0.1) is 0 Å². The third kappa shape index (κ3) is 1.36. The molecule has 0 aromatic carbocycles. The van der Waals surface area contributed by atoms with Gasteiger partial charge in [0.2, 0.25) is 0 Å². The lowest BCUT2D eigenvalue weighted by molar-refractivity contribution is 0.193. The summed E-state index contributed by atoms with van der Waals surface area (Å²) in [4.78, 5) is 0. The van der Waals surface area contributed by atoms with E-state index in [4.69, 9.17) is 22.5 Å². The molecule has 0 spiro atoms. The molecular weight excluding hydrogens is 222 g/mol. The van der Waals surface area contributed by atoms with Crippen LogP contribution in [0, 0.1) is 16.7 Å². The minimum Gasteiger partial charge on any atom is -0.0778 e. The van der Waals surface area contributed by atoms with Crippen LogP contribution in [0.25, 0.3) is 0 Å². The molecule has 0 amide bonds. The fraction of sp³-hybridized carbons (Fsp3) is 1.00. The first kappa shape index (κ1) is 10.5. The summed E-state index contributed by atoms with van der Waals surface area (Å²) >= 11 is 12.4. The molecule has 2 aliphatic rings. The number of fused-ring (bicyclic) bond motifs is 2. The number of rotatable bonds is 1. The van der Waals surface area contributed by atoms with Crippen LogP contribution in [0.3, 0.4) is 0 Å². The average Bonchev–Trinajstić information content (AvgIpc) is 2.36. The Balaban J connectivity index is 2.34. The summed E-state index contributed by atoms with van der Waals surface area (Å²) in [6.07, 6.45) is 4.07. The van der Waals surface area contributed by atoms with Gasteiger partial charge in [-0.05, 0) is 36.0 Å². The van der Waals surface area contributed by atoms with Gasteiger partial charge >= 0.3 is 0 Å². The first-order valence-corrected chi connectivity index (χ1v) is 8.21. The van der Waals surface area contributed by atoms with Crippen molar-refractivity contribution < 1.29 is 0 Å². The van der Waals surface area contributed by atoms with Gasteiger partial charge in [-0.1, -0.05) is 43.3 Å². The Morgan fingerprint density at radius 1 is 1.23 bits per heavy atom. The van der Waals surface area contributed by atoms with E-state index in [0.29, 0.717) is 16.5 Å². The SMILES string of the molecule is CC1(C)[C@H]2CC[C@](C)(C2)[C@@H]1P(Cl)Cl. The molecule has 0 N–H and O–H groups in total. The minimum absolute atomic E-state index is 0.377. The van der Waals surface area contributed by atoms with Crippen molar-refractivity contribution in [1.82, 2.24) is 0 Å². The Kier molecular flexibility index (Phi) is 2.43. The summed E-state index contributed by atoms with van der Waals surface area (Å²) < 4.78 is 0. The van der Waals surface area contributed by atoms with E-state index in [1.807, 2.05) is 0 Å². The second-order valence-corrected chi connectivity index (χ2v) is 9.32. The van der Waals surface area contributed by atoms with Crippen molar-refractivity contribution in [3.05, 3.63) is 0 Å². The Bertz CT molecular complexity index is 222. The van der Waals surface area contributed by atoms with E-state index < -0.39 is 6.63 Å². The molecule has 2 aliphatic carbocycles. The normalized spacial score (nSPS) is 47.5. The molecule has 0 nitrogen and oxygen atoms in total. The van der Waals surface area contributed by atoms with Crippen LogP contribution in [-0.2, 0) is 0 Å². The molecule has 0 aromatic rings. The summed E-state index contributed by atoms with van der Waals surface area (Å²) in [5.74, 6) is 0.866. The van der Waals surface area contributed by atoms with Crippen molar-refractivity contribution in [3.63, 3.8) is 0 Å². The fourth-order valence-electron chi connectivity index (χ4n) is 3.76. The highest BCUT2D eigenvalue weighted by Gasteiger charge is 2.61. The van der Waals surface area contributed by atoms with Crippen LogP contribution in [0.2, 0.25) is 0 Å². The first-order valence-electron chi connectivity index (χ1n) is 4.99. The lowest BCUT2D eigenvalue weighted by atomic mass is 9.72. The number of hydrogen-bond donors (Lipinski definition) is 0. The lowest BCUT2D eigenvalue weighted by Gasteiger charge is -2.43. The quantitative estimate of drug-likeness (QED) is 0.565. The van der Waals surface area contributed by atoms with Crippen LogP contribution in [0.1, 0.15) is 40.0 Å². The monoisotopic (exact) mass is 238 g/mol. The minimum atomic E-state index is -0.808. The summed E-state index contributed by atoms with van der Waals surface area (Å²) in [7, 11) is 0. The molecule has 2 fully saturated rings. The predicted octanol–water partition coefficient (Wildman–Crippen LogP) is 4.99. The largest absolute Gasteiger partial charge is 0.0897 e. The van der Waals surface area contributed by atoms with Crippen molar-refractivity contribution in [3.8, 4) is 0 Å². The summed E-state index contributed by atoms with van der Waals surface area (Å²) in [5, 5.41) is 0. The van der Waals surface area contributed by atoms with Gasteiger partial charge in [-0.25, -0.2) is 0 Å². The van der Waals surface area contributed by atoms with Gasteiger partial charge in [-0.3, -0.25) is 0 Å². The van der Waals surface area contributed by atoms with Gasteiger partial charge in [0.05, 0.1) is 6.63 Å². The zero-order valence-corrected chi connectivity index (χ0v) is 10.9. The summed E-state index contributed by atoms with van der Waals surface area (Å²) in [5.41, 5.74) is 1.38. The van der Waals surface area contributed by atoms with Gasteiger partial charge < -0.3 is 0 Å². The third-order valence-electron chi connectivity index (χ3n) is 4.39. The van der Waals surface area contributed by atoms with Crippen molar-refractivity contribution in [2.45, 2.75) is 45.7 Å². The Morgan fingerprint density at radius 3 is 2.15 bits per heavy atom. The lowest BCUT2D eigenvalue weighted by Crippen LogP contribution is -2.37. The first-order chi connectivity index (χ1) is 5.88. The van der Waals surface area contributed by atoms with Gasteiger partial charge in [0.1, 0.15) is 0 Å². The molecule has 0 aromatic heterocycles. The standard InChI is InChI=1S/C10H17Cl2P/c1-9(2)7-4-5-10(3,6-7)8(9)13(11)12/h7-8H,4-6H2,1-3H3/t7-,8+,10+/m0/s1. The molecule has 0 unspecified atom stereocenters. The second kappa shape index (κ2) is 3.00. The van der Waals surface area contributed by atoms with E-state index in [2.05, 4.69) is 20.8 Å². The number of halogens is 2. The van der Waals surface area contributed by atoms with Crippen LogP contribution < -0.4 is 0 Å². The van der Waals surface area contributed by atoms with E-state index in [0.717, 1.165) is 5.92 Å². The van der Waals surface area contributed by atoms with Crippen molar-refractivity contribution in [1.29, 1.82) is 0 Å². The number of hydrogen-bond acceptors (Lipinski definition) is 0. The van der Waals surface area contributed by atoms with Gasteiger partial charge in [0.15, 0.2) is 0 Å². The van der Waals surface area contributed by atoms with Gasteiger partial charge in [-0.2, -0.15) is 0 Å². The third-order valence-corrected chi connectivity index (χ3v) is 7.24. The van der Waals surface area contributed by atoms with Crippen molar-refractivity contribution >= 4 is 29.1 Å². The fourth-order valence-corrected chi connectivity index (χ4v) is 8.11. The summed E-state index contributed by atoms with van der Waals surface area (Å²) in [6.45, 7) is 6.28. The summed E-state index contributed by atoms with van der Waals surface area (Å²) in [6, 6.07) is 0. The maximum Gasteiger partial charge on any atom is 0.0897 e. The van der Waals surface area contributed by atoms with Gasteiger partial charge in [0.25, 0.3) is 0 Å². The second-order valence-electron chi connectivity index (χ2n) is 5.58. The van der Waals surface area contributed by atoms with Crippen molar-refractivity contribution in [2.75, 3.05) is 0 Å². The highest BCUT2D eigenvalue weighted by molar-refractivity contribution is 8.04. The highest BCUT2D eigenvalue weighted by atomic mass is 35.9. The molecule has 76 valence electrons. The molecule has 3 atom stereocenters. The van der Waals surface area contributed by atoms with Crippen molar-refractivity contribution in [2.24, 2.45) is 16.7 Å². The van der Waals surface area contributed by atoms with Crippen LogP contribution in [-0.4, -0.2) is 5.66 Å². The zero-order chi connectivity index (χ0) is 9.85. The Hall–Kier alpha value is 1.01. The maximum atomic E-state index is 6.18. The zero-order valence-electron chi connectivity index (χ0n) is 8.48. The Morgan fingerprint density at radius 2 is 1.85 bits per heavy atom. The molecule has 0 heterocycles. The van der Waals surface area contributed by atoms with E-state index in [1.165, 1.54) is 19.3 Å². The molecule has 2 saturated carbocycles. The molecule has 0 aliphatic heterocycles. The van der Waals surface area contributed by atoms with E-state index in [-0.39, 0.29) is 0 Å². The Labute approximate surface area is 91.7 Å². The van der Waals surface area contributed by atoms with E-state index in [1.54, 1.807) is 0 Å². The molecular formula is C10H17Cl2P. The average molecular weight is 239 g/mol. The van der Waals surface area contributed by atoms with Crippen LogP contribution in [0.4, 0.5) is 0 Å². The smallest absolute Gasteiger partial charge is 0.0778 e. The molecule has 0 radical (unpaired) electrons. The van der Waals surface area contributed by atoms with Crippen LogP contribution in [0.15, 0.2) is 0 Å². The van der Waals surface area contributed by atoms with Crippen LogP contribution in [0.5, 0.6) is 0 Å². The van der Waals surface area contributed by atoms with Gasteiger partial charge in [0, 0.05) is 5.66 Å². The molecule has 0 saturated heterocycles. The molecule has 2 bridgehead atoms. The van der Waals surface area contributed by atoms with E-state index in [9.17, 15) is 0 Å². The van der Waals surface area contributed by atoms with E-state index >= 15 is 0 Å². The maximum absolute atomic E-state index is 6.18. The molecule has 3 heteroatoms. The molecule has 2 rings (SSSR count). The van der Waals surface area contributed by atoms with Crippen LogP contribution >= 0.6 is 29.1 Å². The topological polar surface area (TPSA) is 0 Å². The molecule has 13 heavy (non-hydrogen) atoms. The predicted molar refractivity (Wildman–Crippen MR) is 61.6 cm³/mol. The highest BCUT2D eigenvalue weighted by Crippen LogP contribution is 2.74.